The van der Waals surface area contributed by atoms with Crippen LogP contribution in [-0.4, -0.2) is 33.8 Å². The number of nitrogens with one attached hydrogen (secondary N) is 3. The Morgan fingerprint density at radius 3 is 2.58 bits per heavy atom. The molecule has 162 valence electrons. The van der Waals surface area contributed by atoms with Crippen LogP contribution in [0.1, 0.15) is 55.8 Å². The summed E-state index contributed by atoms with van der Waals surface area (Å²) in [4.78, 5) is 36.9. The summed E-state index contributed by atoms with van der Waals surface area (Å²) in [7, 11) is 0. The van der Waals surface area contributed by atoms with E-state index < -0.39 is 6.04 Å². The van der Waals surface area contributed by atoms with E-state index in [2.05, 4.69) is 20.8 Å². The van der Waals surface area contributed by atoms with E-state index in [9.17, 15) is 14.4 Å². The van der Waals surface area contributed by atoms with Crippen LogP contribution in [0.3, 0.4) is 0 Å². The van der Waals surface area contributed by atoms with Gasteiger partial charge in [-0.1, -0.05) is 50.1 Å². The molecule has 1 unspecified atom stereocenters. The first kappa shape index (κ1) is 22.2. The van der Waals surface area contributed by atoms with Gasteiger partial charge in [-0.2, -0.15) is 5.10 Å². The molecule has 31 heavy (non-hydrogen) atoms. The molecule has 3 N–H and O–H groups in total. The number of hydrogen-bond acceptors (Lipinski definition) is 4. The smallest absolute Gasteiger partial charge is 0.255 e. The standard InChI is InChI=1S/C24H28N4O3/c1-2-21(29)10-4-3-5-11-22(28-23(30)19-15-25-26-16-19)24(31)27-20-13-12-17-8-6-7-9-18(17)14-20/h6-9,12-16,22H,2-5,10-11H2,1H3,(H,25,26)(H,27,31)(H,28,30). The molecule has 0 spiro atoms. The second kappa shape index (κ2) is 11.1. The highest BCUT2D eigenvalue weighted by atomic mass is 16.2. The van der Waals surface area contributed by atoms with Gasteiger partial charge in [0, 0.05) is 24.7 Å². The van der Waals surface area contributed by atoms with Gasteiger partial charge in [0.1, 0.15) is 11.8 Å². The number of rotatable bonds is 11. The molecule has 1 aromatic heterocycles. The molecule has 0 aliphatic carbocycles. The van der Waals surface area contributed by atoms with Gasteiger partial charge in [0.25, 0.3) is 5.91 Å². The zero-order valence-electron chi connectivity index (χ0n) is 17.7. The Hall–Kier alpha value is -3.48. The Kier molecular flexibility index (Phi) is 7.92. The van der Waals surface area contributed by atoms with Gasteiger partial charge in [0.15, 0.2) is 0 Å². The van der Waals surface area contributed by atoms with Crippen LogP contribution in [0.4, 0.5) is 5.69 Å². The number of aromatic amines is 1. The fourth-order valence-electron chi connectivity index (χ4n) is 3.41. The van der Waals surface area contributed by atoms with Crippen LogP contribution in [-0.2, 0) is 9.59 Å². The molecule has 0 aliphatic heterocycles. The number of anilines is 1. The molecule has 0 bridgehead atoms. The summed E-state index contributed by atoms with van der Waals surface area (Å²) in [5.41, 5.74) is 1.05. The van der Waals surface area contributed by atoms with Crippen molar-refractivity contribution in [3.63, 3.8) is 0 Å². The third kappa shape index (κ3) is 6.50. The van der Waals surface area contributed by atoms with Crippen molar-refractivity contribution in [2.75, 3.05) is 5.32 Å². The summed E-state index contributed by atoms with van der Waals surface area (Å²) in [5.74, 6) is -0.371. The highest BCUT2D eigenvalue weighted by Gasteiger charge is 2.22. The molecule has 7 nitrogen and oxygen atoms in total. The van der Waals surface area contributed by atoms with Crippen molar-refractivity contribution in [3.8, 4) is 0 Å². The molecular weight excluding hydrogens is 392 g/mol. The summed E-state index contributed by atoms with van der Waals surface area (Å²) in [6.07, 6.45) is 6.87. The lowest BCUT2D eigenvalue weighted by Gasteiger charge is -2.18. The monoisotopic (exact) mass is 420 g/mol. The van der Waals surface area contributed by atoms with Crippen molar-refractivity contribution in [2.24, 2.45) is 0 Å². The predicted octanol–water partition coefficient (Wildman–Crippen LogP) is 4.23. The van der Waals surface area contributed by atoms with Crippen LogP contribution in [0, 0.1) is 0 Å². The highest BCUT2D eigenvalue weighted by Crippen LogP contribution is 2.19. The number of Topliss-reactive ketones (excluding diaryl/α,β-unsaturated/α-hetero) is 1. The minimum absolute atomic E-state index is 0.249. The van der Waals surface area contributed by atoms with E-state index in [1.807, 2.05) is 49.4 Å². The molecule has 1 heterocycles. The molecule has 7 heteroatoms. The Morgan fingerprint density at radius 1 is 1.03 bits per heavy atom. The largest absolute Gasteiger partial charge is 0.340 e. The second-order valence-electron chi connectivity index (χ2n) is 7.56. The van der Waals surface area contributed by atoms with Crippen LogP contribution >= 0.6 is 0 Å². The van der Waals surface area contributed by atoms with E-state index in [4.69, 9.17) is 0 Å². The fourth-order valence-corrected chi connectivity index (χ4v) is 3.41. The van der Waals surface area contributed by atoms with Gasteiger partial charge >= 0.3 is 0 Å². The quantitative estimate of drug-likeness (QED) is 0.404. The van der Waals surface area contributed by atoms with Crippen LogP contribution < -0.4 is 10.6 Å². The first-order valence-electron chi connectivity index (χ1n) is 10.7. The lowest BCUT2D eigenvalue weighted by atomic mass is 10.0. The van der Waals surface area contributed by atoms with Gasteiger partial charge in [-0.25, -0.2) is 0 Å². The van der Waals surface area contributed by atoms with Crippen molar-refractivity contribution in [1.82, 2.24) is 15.5 Å². The maximum Gasteiger partial charge on any atom is 0.255 e. The fraction of sp³-hybridized carbons (Fsp3) is 0.333. The number of fused-ring (bicyclic) bond motifs is 1. The van der Waals surface area contributed by atoms with E-state index in [1.54, 1.807) is 0 Å². The van der Waals surface area contributed by atoms with Gasteiger partial charge in [0.2, 0.25) is 5.91 Å². The topological polar surface area (TPSA) is 104 Å². The first-order chi connectivity index (χ1) is 15.1. The zero-order valence-corrected chi connectivity index (χ0v) is 17.7. The van der Waals surface area contributed by atoms with E-state index in [0.29, 0.717) is 30.5 Å². The van der Waals surface area contributed by atoms with Gasteiger partial charge in [-0.3, -0.25) is 19.5 Å². The molecule has 3 rings (SSSR count). The number of H-pyrrole nitrogens is 1. The maximum absolute atomic E-state index is 13.0. The minimum Gasteiger partial charge on any atom is -0.340 e. The third-order valence-electron chi connectivity index (χ3n) is 5.24. The van der Waals surface area contributed by atoms with E-state index in [-0.39, 0.29) is 17.6 Å². The van der Waals surface area contributed by atoms with Crippen LogP contribution in [0.25, 0.3) is 10.8 Å². The Morgan fingerprint density at radius 2 is 1.84 bits per heavy atom. The van der Waals surface area contributed by atoms with E-state index >= 15 is 0 Å². The van der Waals surface area contributed by atoms with Gasteiger partial charge in [0.05, 0.1) is 11.8 Å². The van der Waals surface area contributed by atoms with Gasteiger partial charge in [-0.05, 0) is 35.7 Å². The average molecular weight is 421 g/mol. The molecule has 0 saturated heterocycles. The van der Waals surface area contributed by atoms with Gasteiger partial charge < -0.3 is 10.6 Å². The van der Waals surface area contributed by atoms with E-state index in [0.717, 1.165) is 30.0 Å². The number of carbonyl (C=O) groups is 3. The predicted molar refractivity (Wildman–Crippen MR) is 121 cm³/mol. The molecule has 1 atom stereocenters. The number of ketones is 1. The lowest BCUT2D eigenvalue weighted by Crippen LogP contribution is -2.43. The van der Waals surface area contributed by atoms with Crippen molar-refractivity contribution in [1.29, 1.82) is 0 Å². The molecular formula is C24H28N4O3. The summed E-state index contributed by atoms with van der Waals surface area (Å²) in [6.45, 7) is 1.86. The Labute approximate surface area is 181 Å². The third-order valence-corrected chi connectivity index (χ3v) is 5.24. The normalized spacial score (nSPS) is 11.8. The minimum atomic E-state index is -0.684. The number of nitrogens with zero attached hydrogens (tertiary/aromatic N) is 1. The Bertz CT molecular complexity index is 1030. The molecule has 3 aromatic rings. The number of hydrogen-bond donors (Lipinski definition) is 3. The number of amides is 2. The number of unbranched alkanes of at least 4 members (excludes halogenated alkanes) is 2. The summed E-state index contributed by atoms with van der Waals surface area (Å²) < 4.78 is 0. The van der Waals surface area contributed by atoms with Gasteiger partial charge in [-0.15, -0.1) is 0 Å². The van der Waals surface area contributed by atoms with Crippen LogP contribution in [0.2, 0.25) is 0 Å². The van der Waals surface area contributed by atoms with E-state index in [1.165, 1.54) is 12.4 Å². The second-order valence-corrected chi connectivity index (χ2v) is 7.56. The van der Waals surface area contributed by atoms with Crippen LogP contribution in [0.15, 0.2) is 54.9 Å². The Balaban J connectivity index is 1.63. The molecule has 0 radical (unpaired) electrons. The molecule has 2 amide bonds. The highest BCUT2D eigenvalue weighted by molar-refractivity contribution is 6.01. The SMILES string of the molecule is CCC(=O)CCCCCC(NC(=O)c1cn[nH]c1)C(=O)Nc1ccc2ccccc2c1. The number of benzene rings is 2. The van der Waals surface area contributed by atoms with Crippen molar-refractivity contribution >= 4 is 34.1 Å². The van der Waals surface area contributed by atoms with Crippen molar-refractivity contribution in [2.45, 2.75) is 51.5 Å². The first-order valence-corrected chi connectivity index (χ1v) is 10.7. The zero-order chi connectivity index (χ0) is 22.1. The summed E-state index contributed by atoms with van der Waals surface area (Å²) in [6, 6.07) is 13.0. The number of carbonyl (C=O) groups excluding carboxylic acids is 3. The van der Waals surface area contributed by atoms with Crippen molar-refractivity contribution in [3.05, 3.63) is 60.4 Å². The van der Waals surface area contributed by atoms with Crippen molar-refractivity contribution < 1.29 is 14.4 Å². The lowest BCUT2D eigenvalue weighted by molar-refractivity contribution is -0.119. The van der Waals surface area contributed by atoms with Crippen LogP contribution in [0.5, 0.6) is 0 Å². The molecule has 0 fully saturated rings. The summed E-state index contributed by atoms with van der Waals surface area (Å²) >= 11 is 0. The molecule has 0 saturated carbocycles. The molecule has 0 aliphatic rings. The maximum atomic E-state index is 13.0. The molecule has 2 aromatic carbocycles. The number of aromatic nitrogens is 2. The average Bonchev–Trinajstić information content (AvgIpc) is 3.32. The summed E-state index contributed by atoms with van der Waals surface area (Å²) in [5, 5.41) is 14.2.